The molecule has 0 aliphatic heterocycles. The van der Waals surface area contributed by atoms with Crippen molar-refractivity contribution in [2.75, 3.05) is 0 Å². The summed E-state index contributed by atoms with van der Waals surface area (Å²) in [6.07, 6.45) is 8.47. The zero-order chi connectivity index (χ0) is 8.55. The first-order valence-electron chi connectivity index (χ1n) is 4.67. The SMILES string of the molecule is O=C(O)/C=C/[C@H]1C[C@H]2CC[C@H]1C2. The molecule has 2 saturated carbocycles. The van der Waals surface area contributed by atoms with Crippen molar-refractivity contribution >= 4 is 5.97 Å². The molecule has 3 atom stereocenters. The van der Waals surface area contributed by atoms with E-state index in [4.69, 9.17) is 5.11 Å². The van der Waals surface area contributed by atoms with E-state index in [0.29, 0.717) is 5.92 Å². The maximum absolute atomic E-state index is 10.3. The van der Waals surface area contributed by atoms with Crippen molar-refractivity contribution in [3.05, 3.63) is 12.2 Å². The molecule has 2 nitrogen and oxygen atoms in total. The molecule has 2 heteroatoms. The molecule has 0 aromatic heterocycles. The van der Waals surface area contributed by atoms with Gasteiger partial charge in [-0.05, 0) is 37.0 Å². The molecular formula is C10H14O2. The Morgan fingerprint density at radius 2 is 2.17 bits per heavy atom. The van der Waals surface area contributed by atoms with Crippen LogP contribution in [0, 0.1) is 17.8 Å². The summed E-state index contributed by atoms with van der Waals surface area (Å²) < 4.78 is 0. The Labute approximate surface area is 72.3 Å². The zero-order valence-corrected chi connectivity index (χ0v) is 7.07. The number of allylic oxidation sites excluding steroid dienone is 1. The van der Waals surface area contributed by atoms with Gasteiger partial charge in [-0.15, -0.1) is 0 Å². The van der Waals surface area contributed by atoms with E-state index < -0.39 is 5.97 Å². The summed E-state index contributed by atoms with van der Waals surface area (Å²) in [5.41, 5.74) is 0. The van der Waals surface area contributed by atoms with E-state index in [2.05, 4.69) is 0 Å². The standard InChI is InChI=1S/C10H14O2/c11-10(12)4-3-9-6-7-1-2-8(9)5-7/h3-4,7-9H,1-2,5-6H2,(H,11,12)/b4-3+/t7-,8-,9-/m0/s1. The highest BCUT2D eigenvalue weighted by molar-refractivity contribution is 5.79. The third-order valence-electron chi connectivity index (χ3n) is 3.28. The normalized spacial score (nSPS) is 39.5. The van der Waals surface area contributed by atoms with E-state index in [1.807, 2.05) is 6.08 Å². The van der Waals surface area contributed by atoms with Gasteiger partial charge in [0.25, 0.3) is 0 Å². The lowest BCUT2D eigenvalue weighted by molar-refractivity contribution is -0.131. The number of carbonyl (C=O) groups is 1. The molecule has 2 aliphatic carbocycles. The Hall–Kier alpha value is -0.790. The summed E-state index contributed by atoms with van der Waals surface area (Å²) in [6, 6.07) is 0. The number of rotatable bonds is 2. The summed E-state index contributed by atoms with van der Waals surface area (Å²) in [4.78, 5) is 10.3. The summed E-state index contributed by atoms with van der Waals surface area (Å²) in [5.74, 6) is 1.46. The first kappa shape index (κ1) is 7.84. The lowest BCUT2D eigenvalue weighted by atomic mass is 9.89. The van der Waals surface area contributed by atoms with Crippen LogP contribution in [0.1, 0.15) is 25.7 Å². The third-order valence-corrected chi connectivity index (χ3v) is 3.28. The van der Waals surface area contributed by atoms with Crippen molar-refractivity contribution in [1.29, 1.82) is 0 Å². The summed E-state index contributed by atoms with van der Waals surface area (Å²) >= 11 is 0. The van der Waals surface area contributed by atoms with E-state index in [1.54, 1.807) is 0 Å². The van der Waals surface area contributed by atoms with Crippen LogP contribution in [0.3, 0.4) is 0 Å². The molecule has 0 amide bonds. The fourth-order valence-corrected chi connectivity index (χ4v) is 2.74. The lowest BCUT2D eigenvalue weighted by Gasteiger charge is -2.17. The van der Waals surface area contributed by atoms with Gasteiger partial charge in [0.1, 0.15) is 0 Å². The Morgan fingerprint density at radius 1 is 1.33 bits per heavy atom. The van der Waals surface area contributed by atoms with Gasteiger partial charge >= 0.3 is 5.97 Å². The quantitative estimate of drug-likeness (QED) is 0.637. The van der Waals surface area contributed by atoms with Crippen molar-refractivity contribution in [3.63, 3.8) is 0 Å². The molecule has 1 N–H and O–H groups in total. The molecule has 2 fully saturated rings. The van der Waals surface area contributed by atoms with Gasteiger partial charge < -0.3 is 5.11 Å². The smallest absolute Gasteiger partial charge is 0.327 e. The van der Waals surface area contributed by atoms with Crippen molar-refractivity contribution in [3.8, 4) is 0 Å². The molecule has 0 radical (unpaired) electrons. The highest BCUT2D eigenvalue weighted by atomic mass is 16.4. The highest BCUT2D eigenvalue weighted by Crippen LogP contribution is 2.48. The third kappa shape index (κ3) is 1.38. The van der Waals surface area contributed by atoms with Crippen LogP contribution in [0.4, 0.5) is 0 Å². The van der Waals surface area contributed by atoms with Gasteiger partial charge in [-0.25, -0.2) is 4.79 Å². The monoisotopic (exact) mass is 166 g/mol. The van der Waals surface area contributed by atoms with Gasteiger partial charge in [0, 0.05) is 6.08 Å². The maximum atomic E-state index is 10.3. The van der Waals surface area contributed by atoms with E-state index in [1.165, 1.54) is 31.8 Å². The summed E-state index contributed by atoms with van der Waals surface area (Å²) in [6.45, 7) is 0. The van der Waals surface area contributed by atoms with Crippen LogP contribution in [0.2, 0.25) is 0 Å². The molecule has 0 heterocycles. The number of hydrogen-bond acceptors (Lipinski definition) is 1. The first-order valence-corrected chi connectivity index (χ1v) is 4.67. The molecule has 12 heavy (non-hydrogen) atoms. The van der Waals surface area contributed by atoms with Crippen molar-refractivity contribution in [2.24, 2.45) is 17.8 Å². The fraction of sp³-hybridized carbons (Fsp3) is 0.700. The molecular weight excluding hydrogens is 152 g/mol. The second kappa shape index (κ2) is 2.92. The van der Waals surface area contributed by atoms with Gasteiger partial charge in [-0.3, -0.25) is 0 Å². The first-order chi connectivity index (χ1) is 5.75. The van der Waals surface area contributed by atoms with Crippen LogP contribution < -0.4 is 0 Å². The van der Waals surface area contributed by atoms with Crippen LogP contribution >= 0.6 is 0 Å². The number of carboxylic acid groups (broad SMARTS) is 1. The number of carboxylic acids is 1. The van der Waals surface area contributed by atoms with Crippen LogP contribution in [0.25, 0.3) is 0 Å². The molecule has 0 saturated heterocycles. The van der Waals surface area contributed by atoms with E-state index in [0.717, 1.165) is 11.8 Å². The Bertz CT molecular complexity index is 220. The van der Waals surface area contributed by atoms with Crippen LogP contribution in [-0.4, -0.2) is 11.1 Å². The Kier molecular flexibility index (Phi) is 1.91. The minimum atomic E-state index is -0.808. The molecule has 0 aromatic carbocycles. The van der Waals surface area contributed by atoms with E-state index in [9.17, 15) is 4.79 Å². The molecule has 66 valence electrons. The largest absolute Gasteiger partial charge is 0.478 e. The van der Waals surface area contributed by atoms with Gasteiger partial charge in [0.05, 0.1) is 0 Å². The maximum Gasteiger partial charge on any atom is 0.327 e. The van der Waals surface area contributed by atoms with Crippen LogP contribution in [0.5, 0.6) is 0 Å². The fourth-order valence-electron chi connectivity index (χ4n) is 2.74. The van der Waals surface area contributed by atoms with E-state index in [-0.39, 0.29) is 0 Å². The average molecular weight is 166 g/mol. The Morgan fingerprint density at radius 3 is 2.67 bits per heavy atom. The molecule has 0 unspecified atom stereocenters. The minimum Gasteiger partial charge on any atom is -0.478 e. The Balaban J connectivity index is 1.94. The topological polar surface area (TPSA) is 37.3 Å². The number of hydrogen-bond donors (Lipinski definition) is 1. The average Bonchev–Trinajstić information content (AvgIpc) is 2.60. The molecule has 2 rings (SSSR count). The lowest BCUT2D eigenvalue weighted by Crippen LogP contribution is -2.07. The minimum absolute atomic E-state index is 0.569. The summed E-state index contributed by atoms with van der Waals surface area (Å²) in [5, 5.41) is 8.46. The highest BCUT2D eigenvalue weighted by Gasteiger charge is 2.37. The predicted molar refractivity (Wildman–Crippen MR) is 45.7 cm³/mol. The molecule has 0 aromatic rings. The summed E-state index contributed by atoms with van der Waals surface area (Å²) in [7, 11) is 0. The van der Waals surface area contributed by atoms with Crippen LogP contribution in [-0.2, 0) is 4.79 Å². The van der Waals surface area contributed by atoms with Gasteiger partial charge in [-0.2, -0.15) is 0 Å². The number of fused-ring (bicyclic) bond motifs is 2. The molecule has 0 spiro atoms. The van der Waals surface area contributed by atoms with Crippen molar-refractivity contribution in [1.82, 2.24) is 0 Å². The second-order valence-electron chi connectivity index (χ2n) is 4.04. The number of aliphatic carboxylic acids is 1. The molecule has 2 aliphatic rings. The van der Waals surface area contributed by atoms with Gasteiger partial charge in [0.2, 0.25) is 0 Å². The molecule has 2 bridgehead atoms. The van der Waals surface area contributed by atoms with Crippen molar-refractivity contribution in [2.45, 2.75) is 25.7 Å². The van der Waals surface area contributed by atoms with Gasteiger partial charge in [-0.1, -0.05) is 12.5 Å². The predicted octanol–water partition coefficient (Wildman–Crippen LogP) is 2.06. The van der Waals surface area contributed by atoms with E-state index >= 15 is 0 Å². The van der Waals surface area contributed by atoms with Crippen molar-refractivity contribution < 1.29 is 9.90 Å². The van der Waals surface area contributed by atoms with Gasteiger partial charge in [0.15, 0.2) is 0 Å². The second-order valence-corrected chi connectivity index (χ2v) is 4.04. The zero-order valence-electron chi connectivity index (χ0n) is 7.07. The van der Waals surface area contributed by atoms with Crippen LogP contribution in [0.15, 0.2) is 12.2 Å².